The number of aryl methyl sites for hydroxylation is 1. The zero-order valence-corrected chi connectivity index (χ0v) is 27.2. The number of hydrogen-bond donors (Lipinski definition) is 4. The minimum atomic E-state index is -2.08. The molecule has 1 fully saturated rings. The van der Waals surface area contributed by atoms with Gasteiger partial charge in [-0.05, 0) is 75.4 Å². The summed E-state index contributed by atoms with van der Waals surface area (Å²) in [4.78, 5) is 46.5. The predicted molar refractivity (Wildman–Crippen MR) is 176 cm³/mol. The molecule has 2 aromatic rings. The Kier molecular flexibility index (Phi) is 10.5. The average molecular weight is 631 g/mol. The Morgan fingerprint density at radius 2 is 1.89 bits per heavy atom. The number of ketones is 2. The molecule has 5 unspecified atom stereocenters. The molecule has 1 aromatic heterocycles. The maximum atomic E-state index is 14.1. The van der Waals surface area contributed by atoms with Crippen molar-refractivity contribution < 1.29 is 29.0 Å². The summed E-state index contributed by atoms with van der Waals surface area (Å²) in [5.41, 5.74) is -0.994. The zero-order chi connectivity index (χ0) is 32.9. The fraction of sp³-hybridized carbons (Fsp3) is 0.500. The van der Waals surface area contributed by atoms with Crippen molar-refractivity contribution in [2.75, 3.05) is 38.8 Å². The second-order valence-corrected chi connectivity index (χ2v) is 12.5. The van der Waals surface area contributed by atoms with Crippen LogP contribution in [0.15, 0.2) is 65.9 Å². The number of hydrogen-bond acceptors (Lipinski definition) is 10. The number of allylic oxidation sites excluding steroid dienone is 2. The number of nitrogens with zero attached hydrogens (tertiary/aromatic N) is 1. The van der Waals surface area contributed by atoms with E-state index in [9.17, 15) is 19.5 Å². The van der Waals surface area contributed by atoms with Gasteiger partial charge in [0.1, 0.15) is 5.82 Å². The molecule has 46 heavy (non-hydrogen) atoms. The number of ether oxygens (including phenoxy) is 2. The van der Waals surface area contributed by atoms with Crippen molar-refractivity contribution in [1.29, 1.82) is 0 Å². The van der Waals surface area contributed by atoms with E-state index in [2.05, 4.69) is 40.0 Å². The van der Waals surface area contributed by atoms with Gasteiger partial charge in [-0.1, -0.05) is 55.8 Å². The lowest BCUT2D eigenvalue weighted by Crippen LogP contribution is -2.51. The van der Waals surface area contributed by atoms with E-state index in [1.54, 1.807) is 30.5 Å². The van der Waals surface area contributed by atoms with E-state index >= 15 is 0 Å². The van der Waals surface area contributed by atoms with E-state index in [1.807, 2.05) is 33.0 Å². The summed E-state index contributed by atoms with van der Waals surface area (Å²) < 4.78 is 12.0. The van der Waals surface area contributed by atoms with Gasteiger partial charge in [-0.15, -0.1) is 0 Å². The fourth-order valence-electron chi connectivity index (χ4n) is 6.83. The highest BCUT2D eigenvalue weighted by Crippen LogP contribution is 2.59. The molecule has 2 heterocycles. The molecule has 3 aliphatic rings. The first-order valence-corrected chi connectivity index (χ1v) is 16.3. The number of aliphatic hydroxyl groups excluding tert-OH is 1. The first kappa shape index (κ1) is 33.7. The van der Waals surface area contributed by atoms with Crippen LogP contribution in [0, 0.1) is 11.8 Å². The zero-order valence-electron chi connectivity index (χ0n) is 27.2. The molecule has 0 amide bonds. The predicted octanol–water partition coefficient (Wildman–Crippen LogP) is 4.01. The molecule has 10 heteroatoms. The number of carbonyl (C=O) groups is 3. The number of nitrogens with one attached hydrogen (secondary N) is 3. The SMILES string of the molecule is CCNC1C=CC(CC)CC1COC(=O)C12OC1(CC(CO)=C(C)CCc1ccnc(NCNC)c1)C(=O)c1ccccc1C2=O. The Balaban J connectivity index is 1.39. The lowest BCUT2D eigenvalue weighted by molar-refractivity contribution is -0.149. The number of pyridine rings is 1. The molecule has 0 spiro atoms. The van der Waals surface area contributed by atoms with Crippen LogP contribution in [0.5, 0.6) is 0 Å². The summed E-state index contributed by atoms with van der Waals surface area (Å²) in [5.74, 6) is -0.708. The Labute approximate surface area is 271 Å². The van der Waals surface area contributed by atoms with Crippen LogP contribution in [-0.4, -0.2) is 78.3 Å². The highest BCUT2D eigenvalue weighted by atomic mass is 16.7. The van der Waals surface area contributed by atoms with Gasteiger partial charge < -0.3 is 30.5 Å². The normalized spacial score (nSPS) is 27.0. The van der Waals surface area contributed by atoms with Crippen molar-refractivity contribution in [2.45, 2.75) is 70.1 Å². The second kappa shape index (κ2) is 14.4. The number of carbonyl (C=O) groups excluding carboxylic acids is 3. The van der Waals surface area contributed by atoms with E-state index in [0.29, 0.717) is 31.0 Å². The number of likely N-dealkylation sites (N-methyl/N-ethyl adjacent to an activating group) is 1. The largest absolute Gasteiger partial charge is 0.463 e. The summed E-state index contributed by atoms with van der Waals surface area (Å²) in [7, 11) is 1.85. The van der Waals surface area contributed by atoms with E-state index in [-0.39, 0.29) is 42.7 Å². The van der Waals surface area contributed by atoms with Gasteiger partial charge in [0.15, 0.2) is 11.4 Å². The van der Waals surface area contributed by atoms with Gasteiger partial charge in [-0.3, -0.25) is 9.59 Å². The van der Waals surface area contributed by atoms with Crippen LogP contribution in [0.3, 0.4) is 0 Å². The quantitative estimate of drug-likeness (QED) is 0.0750. The van der Waals surface area contributed by atoms with Crippen molar-refractivity contribution in [1.82, 2.24) is 15.6 Å². The number of anilines is 1. The van der Waals surface area contributed by atoms with Gasteiger partial charge >= 0.3 is 5.97 Å². The third kappa shape index (κ3) is 6.31. The van der Waals surface area contributed by atoms with Crippen molar-refractivity contribution in [3.63, 3.8) is 0 Å². The number of epoxide rings is 1. The molecule has 1 aliphatic heterocycles. The summed E-state index contributed by atoms with van der Waals surface area (Å²) in [5, 5.41) is 20.2. The minimum absolute atomic E-state index is 0.0161. The molecule has 2 aliphatic carbocycles. The summed E-state index contributed by atoms with van der Waals surface area (Å²) in [6.45, 7) is 7.17. The molecule has 246 valence electrons. The first-order valence-electron chi connectivity index (χ1n) is 16.3. The van der Waals surface area contributed by atoms with Gasteiger partial charge in [-0.25, -0.2) is 9.78 Å². The van der Waals surface area contributed by atoms with Gasteiger partial charge in [0.05, 0.1) is 19.9 Å². The molecule has 0 saturated carbocycles. The minimum Gasteiger partial charge on any atom is -0.463 e. The number of benzene rings is 1. The molecular weight excluding hydrogens is 584 g/mol. The topological polar surface area (TPSA) is 142 Å². The number of aromatic nitrogens is 1. The lowest BCUT2D eigenvalue weighted by Gasteiger charge is -2.32. The summed E-state index contributed by atoms with van der Waals surface area (Å²) >= 11 is 0. The van der Waals surface area contributed by atoms with Crippen LogP contribution >= 0.6 is 0 Å². The maximum Gasteiger partial charge on any atom is 0.350 e. The molecule has 10 nitrogen and oxygen atoms in total. The monoisotopic (exact) mass is 630 g/mol. The Bertz CT molecular complexity index is 1520. The van der Waals surface area contributed by atoms with Gasteiger partial charge in [0, 0.05) is 35.7 Å². The molecular formula is C36H46N4O6. The first-order chi connectivity index (χ1) is 22.2. The highest BCUT2D eigenvalue weighted by molar-refractivity contribution is 6.32. The van der Waals surface area contributed by atoms with Crippen LogP contribution < -0.4 is 16.0 Å². The van der Waals surface area contributed by atoms with Crippen molar-refractivity contribution in [2.24, 2.45) is 11.8 Å². The molecule has 0 bridgehead atoms. The van der Waals surface area contributed by atoms with Gasteiger partial charge in [-0.2, -0.15) is 0 Å². The lowest BCUT2D eigenvalue weighted by atomic mass is 9.71. The van der Waals surface area contributed by atoms with Crippen LogP contribution in [0.1, 0.15) is 72.7 Å². The molecule has 0 radical (unpaired) electrons. The average Bonchev–Trinajstić information content (AvgIpc) is 3.79. The van der Waals surface area contributed by atoms with Crippen molar-refractivity contribution in [3.05, 3.63) is 82.6 Å². The number of fused-ring (bicyclic) bond motifs is 2. The maximum absolute atomic E-state index is 14.1. The van der Waals surface area contributed by atoms with Crippen molar-refractivity contribution in [3.8, 4) is 0 Å². The van der Waals surface area contributed by atoms with Crippen LogP contribution in [0.4, 0.5) is 5.82 Å². The van der Waals surface area contributed by atoms with Gasteiger partial charge in [0.25, 0.3) is 5.60 Å². The summed E-state index contributed by atoms with van der Waals surface area (Å²) in [6, 6.07) is 10.4. The fourth-order valence-corrected chi connectivity index (χ4v) is 6.83. The number of Topliss-reactive ketones (excluding diaryl/α,β-unsaturated/α-hetero) is 2. The van der Waals surface area contributed by atoms with E-state index in [0.717, 1.165) is 36.3 Å². The van der Waals surface area contributed by atoms with Crippen LogP contribution in [0.25, 0.3) is 0 Å². The third-order valence-electron chi connectivity index (χ3n) is 9.66. The molecule has 4 N–H and O–H groups in total. The highest BCUT2D eigenvalue weighted by Gasteiger charge is 2.85. The Morgan fingerprint density at radius 3 is 2.59 bits per heavy atom. The third-order valence-corrected chi connectivity index (χ3v) is 9.66. The van der Waals surface area contributed by atoms with E-state index in [4.69, 9.17) is 9.47 Å². The Morgan fingerprint density at radius 1 is 1.13 bits per heavy atom. The number of esters is 1. The number of aliphatic hydroxyl groups is 1. The Hall–Kier alpha value is -3.70. The van der Waals surface area contributed by atoms with Crippen LogP contribution in [-0.2, 0) is 20.7 Å². The molecule has 1 aromatic carbocycles. The molecule has 5 rings (SSSR count). The second-order valence-electron chi connectivity index (χ2n) is 12.5. The van der Waals surface area contributed by atoms with Crippen LogP contribution in [0.2, 0.25) is 0 Å². The summed E-state index contributed by atoms with van der Waals surface area (Å²) in [6.07, 6.45) is 9.08. The van der Waals surface area contributed by atoms with E-state index < -0.39 is 28.7 Å². The van der Waals surface area contributed by atoms with Gasteiger partial charge in [0.2, 0.25) is 5.78 Å². The molecule has 1 saturated heterocycles. The smallest absolute Gasteiger partial charge is 0.350 e. The van der Waals surface area contributed by atoms with E-state index in [1.165, 1.54) is 0 Å². The number of rotatable bonds is 15. The standard InChI is InChI=1S/C36H46N4O6/c1-5-24-13-14-30(38-6-2)26(17-24)21-45-34(44)36-33(43)29-10-8-7-9-28(29)32(42)35(36,46-36)19-27(20-41)23(3)11-12-25-15-16-39-31(18-25)40-22-37-4/h7-10,13-16,18,24,26,30,37-38,41H,5-6,11-12,17,19-22H2,1-4H3,(H,39,40). The van der Waals surface area contributed by atoms with Crippen molar-refractivity contribution >= 4 is 23.4 Å². The molecule has 5 atom stereocenters.